The molecular weight excluding hydrogens is 224 g/mol. The first-order valence-corrected chi connectivity index (χ1v) is 6.04. The molecule has 5 heteroatoms. The Kier molecular flexibility index (Phi) is 4.68. The summed E-state index contributed by atoms with van der Waals surface area (Å²) in [5, 5.41) is 0. The first kappa shape index (κ1) is 13.4. The summed E-state index contributed by atoms with van der Waals surface area (Å²) >= 11 is 4.87. The molecule has 4 nitrogen and oxygen atoms in total. The number of hydrogen-bond donors (Lipinski definition) is 1. The van der Waals surface area contributed by atoms with E-state index in [9.17, 15) is 4.79 Å². The molecule has 0 spiro atoms. The summed E-state index contributed by atoms with van der Waals surface area (Å²) in [5.41, 5.74) is 5.51. The molecule has 1 aliphatic rings. The smallest absolute Gasteiger partial charge is 0.228 e. The van der Waals surface area contributed by atoms with Crippen LogP contribution in [-0.4, -0.2) is 41.1 Å². The Labute approximate surface area is 102 Å². The van der Waals surface area contributed by atoms with Gasteiger partial charge in [0.1, 0.15) is 0 Å². The Hall–Kier alpha value is -0.680. The molecule has 92 valence electrons. The van der Waals surface area contributed by atoms with Crippen molar-refractivity contribution in [2.45, 2.75) is 39.3 Å². The van der Waals surface area contributed by atoms with Crippen molar-refractivity contribution in [2.24, 2.45) is 11.7 Å². The SMILES string of the molecule is CC1OCCC1C(=O)N(CC(N)=S)C(C)C. The predicted molar refractivity (Wildman–Crippen MR) is 67.2 cm³/mol. The first-order chi connectivity index (χ1) is 7.43. The van der Waals surface area contributed by atoms with Gasteiger partial charge in [-0.15, -0.1) is 0 Å². The normalized spacial score (nSPS) is 24.8. The highest BCUT2D eigenvalue weighted by Gasteiger charge is 2.34. The van der Waals surface area contributed by atoms with Crippen molar-refractivity contribution in [1.29, 1.82) is 0 Å². The molecule has 0 bridgehead atoms. The fourth-order valence-electron chi connectivity index (χ4n) is 1.95. The van der Waals surface area contributed by atoms with E-state index in [4.69, 9.17) is 22.7 Å². The van der Waals surface area contributed by atoms with E-state index >= 15 is 0 Å². The molecule has 0 saturated carbocycles. The summed E-state index contributed by atoms with van der Waals surface area (Å²) in [6.45, 7) is 6.90. The third-order valence-corrected chi connectivity index (χ3v) is 3.06. The van der Waals surface area contributed by atoms with E-state index in [0.717, 1.165) is 6.42 Å². The Morgan fingerprint density at radius 2 is 2.25 bits per heavy atom. The monoisotopic (exact) mass is 244 g/mol. The summed E-state index contributed by atoms with van der Waals surface area (Å²) in [6.07, 6.45) is 0.792. The van der Waals surface area contributed by atoms with Crippen LogP contribution in [0, 0.1) is 5.92 Å². The highest BCUT2D eigenvalue weighted by atomic mass is 32.1. The molecule has 16 heavy (non-hydrogen) atoms. The molecule has 2 atom stereocenters. The summed E-state index contributed by atoms with van der Waals surface area (Å²) in [6, 6.07) is 0.113. The zero-order valence-electron chi connectivity index (χ0n) is 10.1. The van der Waals surface area contributed by atoms with Crippen LogP contribution in [0.5, 0.6) is 0 Å². The molecule has 1 rings (SSSR count). The van der Waals surface area contributed by atoms with Crippen LogP contribution in [0.15, 0.2) is 0 Å². The van der Waals surface area contributed by atoms with Crippen molar-refractivity contribution in [3.05, 3.63) is 0 Å². The van der Waals surface area contributed by atoms with Gasteiger partial charge in [-0.3, -0.25) is 4.79 Å². The second-order valence-electron chi connectivity index (χ2n) is 4.50. The number of nitrogens with zero attached hydrogens (tertiary/aromatic N) is 1. The van der Waals surface area contributed by atoms with Gasteiger partial charge in [0.25, 0.3) is 0 Å². The van der Waals surface area contributed by atoms with Crippen molar-refractivity contribution in [3.8, 4) is 0 Å². The van der Waals surface area contributed by atoms with Crippen LogP contribution >= 0.6 is 12.2 Å². The van der Waals surface area contributed by atoms with E-state index in [2.05, 4.69) is 0 Å². The minimum absolute atomic E-state index is 0.0000888. The zero-order valence-corrected chi connectivity index (χ0v) is 10.9. The number of thiocarbonyl (C=S) groups is 1. The van der Waals surface area contributed by atoms with Crippen LogP contribution in [0.2, 0.25) is 0 Å². The minimum Gasteiger partial charge on any atom is -0.392 e. The van der Waals surface area contributed by atoms with Crippen LogP contribution in [0.4, 0.5) is 0 Å². The minimum atomic E-state index is -0.0447. The lowest BCUT2D eigenvalue weighted by atomic mass is 10.0. The number of hydrogen-bond acceptors (Lipinski definition) is 3. The average Bonchev–Trinajstić information content (AvgIpc) is 2.59. The molecular formula is C11H20N2O2S. The van der Waals surface area contributed by atoms with Crippen molar-refractivity contribution < 1.29 is 9.53 Å². The molecule has 1 aliphatic heterocycles. The summed E-state index contributed by atoms with van der Waals surface area (Å²) in [7, 11) is 0. The highest BCUT2D eigenvalue weighted by molar-refractivity contribution is 7.80. The van der Waals surface area contributed by atoms with E-state index in [1.54, 1.807) is 4.90 Å². The Morgan fingerprint density at radius 1 is 1.62 bits per heavy atom. The number of amides is 1. The van der Waals surface area contributed by atoms with Gasteiger partial charge < -0.3 is 15.4 Å². The number of ether oxygens (including phenoxy) is 1. The molecule has 1 saturated heterocycles. The van der Waals surface area contributed by atoms with E-state index in [1.807, 2.05) is 20.8 Å². The van der Waals surface area contributed by atoms with Crippen LogP contribution in [0.3, 0.4) is 0 Å². The average molecular weight is 244 g/mol. The van der Waals surface area contributed by atoms with E-state index in [-0.39, 0.29) is 24.0 Å². The maximum atomic E-state index is 12.3. The van der Waals surface area contributed by atoms with Crippen LogP contribution in [0.1, 0.15) is 27.2 Å². The predicted octanol–water partition coefficient (Wildman–Crippen LogP) is 0.935. The maximum Gasteiger partial charge on any atom is 0.228 e. The lowest BCUT2D eigenvalue weighted by molar-refractivity contribution is -0.137. The second-order valence-corrected chi connectivity index (χ2v) is 5.02. The molecule has 0 aliphatic carbocycles. The Bertz CT molecular complexity index is 281. The summed E-state index contributed by atoms with van der Waals surface area (Å²) in [5.74, 6) is 0.0598. The molecule has 0 radical (unpaired) electrons. The molecule has 0 aromatic rings. The summed E-state index contributed by atoms with van der Waals surface area (Å²) in [4.78, 5) is 14.4. The lowest BCUT2D eigenvalue weighted by Gasteiger charge is -2.29. The van der Waals surface area contributed by atoms with Gasteiger partial charge in [0, 0.05) is 12.6 Å². The molecule has 0 aromatic carbocycles. The molecule has 1 heterocycles. The number of carbonyl (C=O) groups is 1. The standard InChI is InChI=1S/C11H20N2O2S/c1-7(2)13(6-10(12)16)11(14)9-4-5-15-8(9)3/h7-9H,4-6H2,1-3H3,(H2,12,16). The van der Waals surface area contributed by atoms with Crippen LogP contribution in [0.25, 0.3) is 0 Å². The number of rotatable bonds is 4. The van der Waals surface area contributed by atoms with Gasteiger partial charge in [-0.2, -0.15) is 0 Å². The largest absolute Gasteiger partial charge is 0.392 e. The van der Waals surface area contributed by atoms with Gasteiger partial charge in [-0.1, -0.05) is 12.2 Å². The van der Waals surface area contributed by atoms with Gasteiger partial charge in [-0.25, -0.2) is 0 Å². The first-order valence-electron chi connectivity index (χ1n) is 5.64. The van der Waals surface area contributed by atoms with Crippen LogP contribution < -0.4 is 5.73 Å². The Morgan fingerprint density at radius 3 is 2.62 bits per heavy atom. The molecule has 2 unspecified atom stereocenters. The van der Waals surface area contributed by atoms with E-state index < -0.39 is 0 Å². The topological polar surface area (TPSA) is 55.6 Å². The van der Waals surface area contributed by atoms with Crippen molar-refractivity contribution in [3.63, 3.8) is 0 Å². The third kappa shape index (κ3) is 3.15. The van der Waals surface area contributed by atoms with Crippen molar-refractivity contribution >= 4 is 23.1 Å². The fraction of sp³-hybridized carbons (Fsp3) is 0.818. The van der Waals surface area contributed by atoms with Crippen molar-refractivity contribution in [1.82, 2.24) is 4.90 Å². The van der Waals surface area contributed by atoms with Crippen LogP contribution in [-0.2, 0) is 9.53 Å². The zero-order chi connectivity index (χ0) is 12.3. The van der Waals surface area contributed by atoms with Gasteiger partial charge >= 0.3 is 0 Å². The molecule has 2 N–H and O–H groups in total. The second kappa shape index (κ2) is 5.59. The number of carbonyl (C=O) groups excluding carboxylic acids is 1. The van der Waals surface area contributed by atoms with Gasteiger partial charge in [0.05, 0.1) is 23.6 Å². The molecule has 1 amide bonds. The Balaban J connectivity index is 2.70. The van der Waals surface area contributed by atoms with Crippen molar-refractivity contribution in [2.75, 3.05) is 13.2 Å². The van der Waals surface area contributed by atoms with Gasteiger partial charge in [-0.05, 0) is 27.2 Å². The quantitative estimate of drug-likeness (QED) is 0.748. The van der Waals surface area contributed by atoms with Gasteiger partial charge in [0.2, 0.25) is 5.91 Å². The van der Waals surface area contributed by atoms with Gasteiger partial charge in [0.15, 0.2) is 0 Å². The summed E-state index contributed by atoms with van der Waals surface area (Å²) < 4.78 is 5.41. The van der Waals surface area contributed by atoms with E-state index in [1.165, 1.54) is 0 Å². The molecule has 1 fully saturated rings. The molecule has 0 aromatic heterocycles. The van der Waals surface area contributed by atoms with E-state index in [0.29, 0.717) is 18.1 Å². The highest BCUT2D eigenvalue weighted by Crippen LogP contribution is 2.23. The fourth-order valence-corrected chi connectivity index (χ4v) is 2.09. The lowest BCUT2D eigenvalue weighted by Crippen LogP contribution is -2.46. The number of nitrogens with two attached hydrogens (primary N) is 1. The maximum absolute atomic E-state index is 12.3. The third-order valence-electron chi connectivity index (χ3n) is 2.93.